The molecule has 3 heteroatoms. The molecule has 0 aliphatic rings. The van der Waals surface area contributed by atoms with E-state index >= 15 is 0 Å². The van der Waals surface area contributed by atoms with Gasteiger partial charge < -0.3 is 14.8 Å². The minimum atomic E-state index is 0.105. The van der Waals surface area contributed by atoms with Gasteiger partial charge in [0.15, 0.2) is 0 Å². The highest BCUT2D eigenvalue weighted by Gasteiger charge is 2.10. The molecule has 0 unspecified atom stereocenters. The monoisotopic (exact) mass is 219 g/mol. The number of aryl methyl sites for hydroxylation is 1. The number of fused-ring (bicyclic) bond motifs is 1. The topological polar surface area (TPSA) is 45.4 Å². The average molecular weight is 219 g/mol. The lowest BCUT2D eigenvalue weighted by Crippen LogP contribution is -2.28. The second-order valence-corrected chi connectivity index (χ2v) is 4.10. The van der Waals surface area contributed by atoms with Crippen molar-refractivity contribution < 1.29 is 9.52 Å². The Labute approximate surface area is 95.1 Å². The van der Waals surface area contributed by atoms with E-state index in [4.69, 9.17) is 9.52 Å². The third-order valence-corrected chi connectivity index (χ3v) is 2.80. The van der Waals surface area contributed by atoms with Crippen LogP contribution in [0.25, 0.3) is 11.0 Å². The summed E-state index contributed by atoms with van der Waals surface area (Å²) in [5.41, 5.74) is 2.10. The summed E-state index contributed by atoms with van der Waals surface area (Å²) < 4.78 is 5.66. The van der Waals surface area contributed by atoms with Gasteiger partial charge in [-0.25, -0.2) is 0 Å². The Morgan fingerprint density at radius 2 is 2.12 bits per heavy atom. The Morgan fingerprint density at radius 3 is 2.88 bits per heavy atom. The lowest BCUT2D eigenvalue weighted by Gasteiger charge is -2.09. The quantitative estimate of drug-likeness (QED) is 0.828. The molecule has 2 N–H and O–H groups in total. The van der Waals surface area contributed by atoms with Crippen LogP contribution in [0.5, 0.6) is 0 Å². The Kier molecular flexibility index (Phi) is 3.27. The molecule has 0 saturated carbocycles. The minimum absolute atomic E-state index is 0.105. The number of benzene rings is 1. The highest BCUT2D eigenvalue weighted by Crippen LogP contribution is 2.24. The number of hydrogen-bond donors (Lipinski definition) is 2. The Bertz CT molecular complexity index is 476. The van der Waals surface area contributed by atoms with E-state index in [1.165, 1.54) is 5.56 Å². The van der Waals surface area contributed by atoms with Crippen LogP contribution in [0.4, 0.5) is 0 Å². The van der Waals surface area contributed by atoms with Gasteiger partial charge in [0.2, 0.25) is 0 Å². The maximum atomic E-state index is 8.96. The van der Waals surface area contributed by atoms with Crippen molar-refractivity contribution in [3.05, 3.63) is 35.6 Å². The first kappa shape index (κ1) is 11.2. The summed E-state index contributed by atoms with van der Waals surface area (Å²) in [6, 6.07) is 8.12. The van der Waals surface area contributed by atoms with Crippen LogP contribution in [-0.2, 0) is 6.54 Å². The van der Waals surface area contributed by atoms with Crippen LogP contribution < -0.4 is 5.32 Å². The molecule has 16 heavy (non-hydrogen) atoms. The molecule has 2 rings (SSSR count). The van der Waals surface area contributed by atoms with E-state index in [1.807, 2.05) is 32.0 Å². The molecule has 3 nitrogen and oxygen atoms in total. The standard InChI is InChI=1S/C13H17NO2/c1-9(8-15)14-7-12-10(2)16-13-6-4-3-5-11(12)13/h3-6,9,14-15H,7-8H2,1-2H3/t9-/m1/s1. The number of para-hydroxylation sites is 1. The Balaban J connectivity index is 2.26. The molecule has 0 aliphatic heterocycles. The molecule has 1 aromatic heterocycles. The van der Waals surface area contributed by atoms with Crippen LogP contribution in [0, 0.1) is 6.92 Å². The maximum Gasteiger partial charge on any atom is 0.134 e. The summed E-state index contributed by atoms with van der Waals surface area (Å²) in [5.74, 6) is 0.943. The SMILES string of the molecule is Cc1oc2ccccc2c1CN[C@H](C)CO. The predicted molar refractivity (Wildman–Crippen MR) is 64.3 cm³/mol. The molecule has 0 amide bonds. The lowest BCUT2D eigenvalue weighted by atomic mass is 10.1. The van der Waals surface area contributed by atoms with Crippen LogP contribution >= 0.6 is 0 Å². The summed E-state index contributed by atoms with van der Waals surface area (Å²) in [7, 11) is 0. The fourth-order valence-corrected chi connectivity index (χ4v) is 1.78. The number of nitrogens with one attached hydrogen (secondary N) is 1. The molecule has 1 aromatic carbocycles. The molecule has 0 bridgehead atoms. The molecule has 86 valence electrons. The van der Waals surface area contributed by atoms with E-state index in [-0.39, 0.29) is 12.6 Å². The smallest absolute Gasteiger partial charge is 0.134 e. The fourth-order valence-electron chi connectivity index (χ4n) is 1.78. The molecular formula is C13H17NO2. The van der Waals surface area contributed by atoms with Crippen molar-refractivity contribution in [2.75, 3.05) is 6.61 Å². The van der Waals surface area contributed by atoms with Crippen molar-refractivity contribution in [1.82, 2.24) is 5.32 Å². The van der Waals surface area contributed by atoms with Crippen molar-refractivity contribution in [1.29, 1.82) is 0 Å². The van der Waals surface area contributed by atoms with Gasteiger partial charge in [0.1, 0.15) is 11.3 Å². The van der Waals surface area contributed by atoms with E-state index in [9.17, 15) is 0 Å². The maximum absolute atomic E-state index is 8.96. The van der Waals surface area contributed by atoms with E-state index in [0.29, 0.717) is 0 Å². The van der Waals surface area contributed by atoms with E-state index < -0.39 is 0 Å². The van der Waals surface area contributed by atoms with Gasteiger partial charge in [0, 0.05) is 23.5 Å². The Hall–Kier alpha value is -1.32. The van der Waals surface area contributed by atoms with Gasteiger partial charge in [-0.1, -0.05) is 18.2 Å². The fraction of sp³-hybridized carbons (Fsp3) is 0.385. The van der Waals surface area contributed by atoms with E-state index in [1.54, 1.807) is 0 Å². The molecule has 0 spiro atoms. The number of aliphatic hydroxyl groups excluding tert-OH is 1. The second-order valence-electron chi connectivity index (χ2n) is 4.10. The third-order valence-electron chi connectivity index (χ3n) is 2.80. The van der Waals surface area contributed by atoms with Gasteiger partial charge in [0.05, 0.1) is 6.61 Å². The molecule has 0 radical (unpaired) electrons. The van der Waals surface area contributed by atoms with Crippen molar-refractivity contribution in [3.63, 3.8) is 0 Å². The van der Waals surface area contributed by atoms with Crippen LogP contribution in [0.1, 0.15) is 18.2 Å². The zero-order valence-electron chi connectivity index (χ0n) is 9.66. The lowest BCUT2D eigenvalue weighted by molar-refractivity contribution is 0.251. The van der Waals surface area contributed by atoms with Gasteiger partial charge in [-0.15, -0.1) is 0 Å². The predicted octanol–water partition coefficient (Wildman–Crippen LogP) is 2.21. The molecule has 2 aromatic rings. The molecule has 1 heterocycles. The van der Waals surface area contributed by atoms with Crippen LogP contribution in [0.2, 0.25) is 0 Å². The van der Waals surface area contributed by atoms with Crippen LogP contribution in [-0.4, -0.2) is 17.8 Å². The first-order valence-electron chi connectivity index (χ1n) is 5.53. The summed E-state index contributed by atoms with van der Waals surface area (Å²) in [6.45, 7) is 4.80. The molecular weight excluding hydrogens is 202 g/mol. The zero-order valence-corrected chi connectivity index (χ0v) is 9.66. The highest BCUT2D eigenvalue weighted by atomic mass is 16.3. The van der Waals surface area contributed by atoms with Crippen molar-refractivity contribution >= 4 is 11.0 Å². The number of aliphatic hydroxyl groups is 1. The van der Waals surface area contributed by atoms with Crippen molar-refractivity contribution in [2.24, 2.45) is 0 Å². The Morgan fingerprint density at radius 1 is 1.38 bits per heavy atom. The van der Waals surface area contributed by atoms with E-state index in [2.05, 4.69) is 11.4 Å². The first-order valence-corrected chi connectivity index (χ1v) is 5.53. The zero-order chi connectivity index (χ0) is 11.5. The summed E-state index contributed by atoms with van der Waals surface area (Å²) >= 11 is 0. The summed E-state index contributed by atoms with van der Waals surface area (Å²) in [6.07, 6.45) is 0. The number of furan rings is 1. The molecule has 1 atom stereocenters. The van der Waals surface area contributed by atoms with Crippen molar-refractivity contribution in [2.45, 2.75) is 26.4 Å². The van der Waals surface area contributed by atoms with Crippen LogP contribution in [0.3, 0.4) is 0 Å². The number of hydrogen-bond acceptors (Lipinski definition) is 3. The van der Waals surface area contributed by atoms with Crippen LogP contribution in [0.15, 0.2) is 28.7 Å². The molecule has 0 fully saturated rings. The minimum Gasteiger partial charge on any atom is -0.461 e. The van der Waals surface area contributed by atoms with Gasteiger partial charge in [0.25, 0.3) is 0 Å². The summed E-state index contributed by atoms with van der Waals surface area (Å²) in [5, 5.41) is 13.4. The molecule has 0 saturated heterocycles. The largest absolute Gasteiger partial charge is 0.461 e. The molecule has 0 aliphatic carbocycles. The third kappa shape index (κ3) is 2.10. The number of rotatable bonds is 4. The summed E-state index contributed by atoms with van der Waals surface area (Å²) in [4.78, 5) is 0. The average Bonchev–Trinajstić information content (AvgIpc) is 2.62. The van der Waals surface area contributed by atoms with Gasteiger partial charge in [-0.3, -0.25) is 0 Å². The second kappa shape index (κ2) is 4.68. The van der Waals surface area contributed by atoms with Gasteiger partial charge >= 0.3 is 0 Å². The highest BCUT2D eigenvalue weighted by molar-refractivity contribution is 5.82. The van der Waals surface area contributed by atoms with Gasteiger partial charge in [-0.05, 0) is 19.9 Å². The van der Waals surface area contributed by atoms with Crippen molar-refractivity contribution in [3.8, 4) is 0 Å². The van der Waals surface area contributed by atoms with Gasteiger partial charge in [-0.2, -0.15) is 0 Å². The first-order chi connectivity index (χ1) is 7.72. The van der Waals surface area contributed by atoms with E-state index in [0.717, 1.165) is 23.3 Å². The normalized spacial score (nSPS) is 13.2.